The van der Waals surface area contributed by atoms with Crippen LogP contribution < -0.4 is 21.9 Å². The quantitative estimate of drug-likeness (QED) is 0.817. The molecule has 0 amide bonds. The van der Waals surface area contributed by atoms with Crippen molar-refractivity contribution in [3.8, 4) is 0 Å². The fraction of sp³-hybridized carbons (Fsp3) is 0.571. The lowest BCUT2D eigenvalue weighted by Gasteiger charge is -2.17. The normalized spacial score (nSPS) is 11.6. The summed E-state index contributed by atoms with van der Waals surface area (Å²) in [7, 11) is 3.14. The average Bonchev–Trinajstić information content (AvgIpc) is 2.45. The molecule has 0 unspecified atom stereocenters. The lowest BCUT2D eigenvalue weighted by atomic mass is 10.3. The third-order valence-electron chi connectivity index (χ3n) is 3.19. The zero-order valence-electron chi connectivity index (χ0n) is 12.9. The van der Waals surface area contributed by atoms with E-state index in [0.29, 0.717) is 11.4 Å². The van der Waals surface area contributed by atoms with Gasteiger partial charge in [0.1, 0.15) is 5.69 Å². The van der Waals surface area contributed by atoms with Gasteiger partial charge < -0.3 is 10.6 Å². The van der Waals surface area contributed by atoms with E-state index in [1.165, 1.54) is 11.6 Å². The standard InChI is InChI=1S/C14H24N4O2/c1-6-8-11(15-9-7-2)16-12-10(3)17(4)14(20)18(5)13(12)19/h8,15-16H,6-7,9H2,1-5H3/b11-8-. The van der Waals surface area contributed by atoms with Crippen molar-refractivity contribution in [3.05, 3.63) is 38.4 Å². The second kappa shape index (κ2) is 6.98. The second-order valence-electron chi connectivity index (χ2n) is 4.74. The monoisotopic (exact) mass is 280 g/mol. The van der Waals surface area contributed by atoms with E-state index in [1.54, 1.807) is 14.0 Å². The highest BCUT2D eigenvalue weighted by atomic mass is 16.2. The molecule has 0 saturated carbocycles. The van der Waals surface area contributed by atoms with Gasteiger partial charge >= 0.3 is 5.69 Å². The highest BCUT2D eigenvalue weighted by Crippen LogP contribution is 2.08. The second-order valence-corrected chi connectivity index (χ2v) is 4.74. The summed E-state index contributed by atoms with van der Waals surface area (Å²) in [5.74, 6) is 0.799. The Morgan fingerprint density at radius 3 is 2.40 bits per heavy atom. The summed E-state index contributed by atoms with van der Waals surface area (Å²) in [4.78, 5) is 24.0. The number of rotatable bonds is 6. The molecule has 0 atom stereocenters. The molecule has 0 fully saturated rings. The van der Waals surface area contributed by atoms with Crippen LogP contribution in [0.4, 0.5) is 5.69 Å². The van der Waals surface area contributed by atoms with E-state index >= 15 is 0 Å². The largest absolute Gasteiger partial charge is 0.372 e. The summed E-state index contributed by atoms with van der Waals surface area (Å²) in [5, 5.41) is 6.36. The maximum Gasteiger partial charge on any atom is 0.330 e. The third-order valence-corrected chi connectivity index (χ3v) is 3.19. The van der Waals surface area contributed by atoms with Crippen molar-refractivity contribution in [1.29, 1.82) is 0 Å². The maximum atomic E-state index is 12.2. The number of hydrogen-bond acceptors (Lipinski definition) is 4. The molecule has 1 aromatic rings. The predicted molar refractivity (Wildman–Crippen MR) is 82.0 cm³/mol. The Hall–Kier alpha value is -1.98. The zero-order valence-corrected chi connectivity index (χ0v) is 12.9. The van der Waals surface area contributed by atoms with Gasteiger partial charge in [0.25, 0.3) is 5.56 Å². The van der Waals surface area contributed by atoms with Crippen molar-refractivity contribution in [1.82, 2.24) is 14.5 Å². The smallest absolute Gasteiger partial charge is 0.330 e. The van der Waals surface area contributed by atoms with Crippen molar-refractivity contribution < 1.29 is 0 Å². The fourth-order valence-corrected chi connectivity index (χ4v) is 1.86. The maximum absolute atomic E-state index is 12.2. The molecule has 6 heteroatoms. The average molecular weight is 280 g/mol. The van der Waals surface area contributed by atoms with Crippen LogP contribution in [-0.4, -0.2) is 15.7 Å². The molecule has 0 saturated heterocycles. The van der Waals surface area contributed by atoms with E-state index in [2.05, 4.69) is 17.6 Å². The summed E-state index contributed by atoms with van der Waals surface area (Å²) in [6.45, 7) is 6.69. The van der Waals surface area contributed by atoms with Gasteiger partial charge in [-0.05, 0) is 25.8 Å². The summed E-state index contributed by atoms with van der Waals surface area (Å²) in [5.41, 5.74) is 0.419. The minimum Gasteiger partial charge on any atom is -0.372 e. The van der Waals surface area contributed by atoms with Gasteiger partial charge in [-0.25, -0.2) is 4.79 Å². The van der Waals surface area contributed by atoms with Crippen molar-refractivity contribution >= 4 is 5.69 Å². The number of aromatic nitrogens is 2. The van der Waals surface area contributed by atoms with Crippen LogP contribution in [-0.2, 0) is 14.1 Å². The Labute approximate surface area is 119 Å². The Kier molecular flexibility index (Phi) is 5.61. The number of anilines is 1. The minimum atomic E-state index is -0.319. The van der Waals surface area contributed by atoms with Crippen molar-refractivity contribution in [2.24, 2.45) is 14.1 Å². The molecule has 20 heavy (non-hydrogen) atoms. The summed E-state index contributed by atoms with van der Waals surface area (Å²) >= 11 is 0. The predicted octanol–water partition coefficient (Wildman–Crippen LogP) is 1.06. The number of allylic oxidation sites excluding steroid dienone is 1. The number of nitrogens with one attached hydrogen (secondary N) is 2. The molecule has 0 bridgehead atoms. The van der Waals surface area contributed by atoms with Crippen molar-refractivity contribution in [2.45, 2.75) is 33.6 Å². The van der Waals surface area contributed by atoms with Gasteiger partial charge in [0.2, 0.25) is 0 Å². The topological polar surface area (TPSA) is 68.1 Å². The Morgan fingerprint density at radius 2 is 1.85 bits per heavy atom. The molecular weight excluding hydrogens is 256 g/mol. The van der Waals surface area contributed by atoms with Crippen LogP contribution >= 0.6 is 0 Å². The molecule has 112 valence electrons. The Morgan fingerprint density at radius 1 is 1.20 bits per heavy atom. The first-order valence-electron chi connectivity index (χ1n) is 6.91. The molecule has 1 aromatic heterocycles. The number of hydrogen-bond donors (Lipinski definition) is 2. The van der Waals surface area contributed by atoms with E-state index in [-0.39, 0.29) is 11.2 Å². The first-order chi connectivity index (χ1) is 9.43. The van der Waals surface area contributed by atoms with Crippen LogP contribution in [0.15, 0.2) is 21.5 Å². The van der Waals surface area contributed by atoms with Crippen LogP contribution in [0.1, 0.15) is 32.4 Å². The van der Waals surface area contributed by atoms with Crippen LogP contribution in [0.25, 0.3) is 0 Å². The molecule has 0 aliphatic heterocycles. The molecule has 0 spiro atoms. The SMILES string of the molecule is CC/C=C(/NCCC)Nc1c(C)n(C)c(=O)n(C)c1=O. The molecule has 0 aliphatic rings. The Bertz CT molecular complexity index is 611. The van der Waals surface area contributed by atoms with Crippen LogP contribution in [0.2, 0.25) is 0 Å². The van der Waals surface area contributed by atoms with Crippen molar-refractivity contribution in [2.75, 3.05) is 11.9 Å². The fourth-order valence-electron chi connectivity index (χ4n) is 1.86. The molecule has 0 radical (unpaired) electrons. The lowest BCUT2D eigenvalue weighted by Crippen LogP contribution is -2.40. The number of nitrogens with zero attached hydrogens (tertiary/aromatic N) is 2. The molecule has 1 rings (SSSR count). The van der Waals surface area contributed by atoms with Crippen LogP contribution in [0.5, 0.6) is 0 Å². The lowest BCUT2D eigenvalue weighted by molar-refractivity contribution is 0.669. The molecule has 6 nitrogen and oxygen atoms in total. The van der Waals surface area contributed by atoms with Gasteiger partial charge in [-0.2, -0.15) is 0 Å². The highest BCUT2D eigenvalue weighted by molar-refractivity contribution is 5.50. The van der Waals surface area contributed by atoms with Crippen LogP contribution in [0.3, 0.4) is 0 Å². The van der Waals surface area contributed by atoms with E-state index in [1.807, 2.05) is 13.0 Å². The van der Waals surface area contributed by atoms with Gasteiger partial charge in [0, 0.05) is 26.3 Å². The van der Waals surface area contributed by atoms with Gasteiger partial charge in [-0.3, -0.25) is 13.9 Å². The van der Waals surface area contributed by atoms with Gasteiger partial charge in [-0.1, -0.05) is 13.8 Å². The first kappa shape index (κ1) is 16.1. The summed E-state index contributed by atoms with van der Waals surface area (Å²) < 4.78 is 2.58. The van der Waals surface area contributed by atoms with Gasteiger partial charge in [0.15, 0.2) is 0 Å². The molecule has 2 N–H and O–H groups in total. The third kappa shape index (κ3) is 3.31. The molecule has 0 aromatic carbocycles. The van der Waals surface area contributed by atoms with E-state index in [4.69, 9.17) is 0 Å². The van der Waals surface area contributed by atoms with E-state index in [0.717, 1.165) is 29.8 Å². The van der Waals surface area contributed by atoms with Gasteiger partial charge in [-0.15, -0.1) is 0 Å². The highest BCUT2D eigenvalue weighted by Gasteiger charge is 2.12. The first-order valence-corrected chi connectivity index (χ1v) is 6.91. The van der Waals surface area contributed by atoms with Gasteiger partial charge in [0.05, 0.1) is 5.82 Å². The summed E-state index contributed by atoms with van der Waals surface area (Å²) in [6, 6.07) is 0. The zero-order chi connectivity index (χ0) is 15.3. The molecule has 0 aliphatic carbocycles. The van der Waals surface area contributed by atoms with Crippen molar-refractivity contribution in [3.63, 3.8) is 0 Å². The Balaban J connectivity index is 3.23. The summed E-state index contributed by atoms with van der Waals surface area (Å²) in [6.07, 6.45) is 3.83. The molecular formula is C14H24N4O2. The molecule has 1 heterocycles. The van der Waals surface area contributed by atoms with E-state index < -0.39 is 0 Å². The van der Waals surface area contributed by atoms with E-state index in [9.17, 15) is 9.59 Å². The minimum absolute atomic E-state index is 0.314. The van der Waals surface area contributed by atoms with Crippen LogP contribution in [0, 0.1) is 6.92 Å².